The minimum absolute atomic E-state index is 0.0781. The fourth-order valence-electron chi connectivity index (χ4n) is 1.35. The van der Waals surface area contributed by atoms with Gasteiger partial charge in [-0.2, -0.15) is 0 Å². The van der Waals surface area contributed by atoms with E-state index >= 15 is 0 Å². The minimum Gasteiger partial charge on any atom is -0.481 e. The van der Waals surface area contributed by atoms with Gasteiger partial charge in [0.2, 0.25) is 0 Å². The first kappa shape index (κ1) is 11.6. The molecule has 0 fully saturated rings. The highest BCUT2D eigenvalue weighted by Gasteiger charge is 2.17. The van der Waals surface area contributed by atoms with E-state index in [4.69, 9.17) is 5.11 Å². The van der Waals surface area contributed by atoms with Gasteiger partial charge in [-0.25, -0.2) is 8.78 Å². The number of benzene rings is 1. The zero-order chi connectivity index (χ0) is 11.4. The van der Waals surface area contributed by atoms with E-state index in [0.29, 0.717) is 5.56 Å². The monoisotopic (exact) mass is 214 g/mol. The lowest BCUT2D eigenvalue weighted by Crippen LogP contribution is -2.13. The van der Waals surface area contributed by atoms with Crippen molar-refractivity contribution in [2.24, 2.45) is 5.92 Å². The summed E-state index contributed by atoms with van der Waals surface area (Å²) >= 11 is 0. The number of hydrogen-bond donors (Lipinski definition) is 1. The molecule has 0 amide bonds. The van der Waals surface area contributed by atoms with Crippen molar-refractivity contribution < 1.29 is 18.7 Å². The predicted molar refractivity (Wildman–Crippen MR) is 51.9 cm³/mol. The Bertz CT molecular complexity index is 350. The second-order valence-electron chi connectivity index (χ2n) is 3.44. The zero-order valence-corrected chi connectivity index (χ0v) is 8.28. The molecule has 0 aliphatic rings. The molecule has 0 bridgehead atoms. The molecule has 0 saturated carbocycles. The van der Waals surface area contributed by atoms with Gasteiger partial charge in [-0.1, -0.05) is 31.2 Å². The third-order valence-electron chi connectivity index (χ3n) is 2.24. The predicted octanol–water partition coefficient (Wildman–Crippen LogP) is 2.89. The molecule has 0 aliphatic heterocycles. The van der Waals surface area contributed by atoms with Crippen LogP contribution in [0.2, 0.25) is 0 Å². The Morgan fingerprint density at radius 2 is 2.00 bits per heavy atom. The smallest absolute Gasteiger partial charge is 0.306 e. The van der Waals surface area contributed by atoms with E-state index < -0.39 is 18.3 Å². The average molecular weight is 214 g/mol. The van der Waals surface area contributed by atoms with Gasteiger partial charge in [-0.15, -0.1) is 0 Å². The summed E-state index contributed by atoms with van der Waals surface area (Å²) in [6.45, 7) is 1.50. The second-order valence-corrected chi connectivity index (χ2v) is 3.44. The maximum absolute atomic E-state index is 12.5. The number of hydrogen-bond acceptors (Lipinski definition) is 1. The average Bonchev–Trinajstić information content (AvgIpc) is 2.18. The van der Waals surface area contributed by atoms with E-state index in [1.807, 2.05) is 0 Å². The van der Waals surface area contributed by atoms with E-state index in [-0.39, 0.29) is 12.0 Å². The summed E-state index contributed by atoms with van der Waals surface area (Å²) in [5.74, 6) is -1.62. The molecule has 0 aliphatic carbocycles. The number of carbonyl (C=O) groups is 1. The number of aliphatic carboxylic acids is 1. The van der Waals surface area contributed by atoms with Gasteiger partial charge in [-0.05, 0) is 12.0 Å². The van der Waals surface area contributed by atoms with Crippen molar-refractivity contribution in [2.75, 3.05) is 0 Å². The highest BCUT2D eigenvalue weighted by atomic mass is 19.3. The van der Waals surface area contributed by atoms with Crippen molar-refractivity contribution >= 4 is 5.97 Å². The van der Waals surface area contributed by atoms with Crippen LogP contribution in [0, 0.1) is 5.92 Å². The second kappa shape index (κ2) is 4.87. The molecule has 1 atom stereocenters. The van der Waals surface area contributed by atoms with Crippen LogP contribution in [0.25, 0.3) is 0 Å². The molecule has 0 saturated heterocycles. The molecule has 1 aromatic carbocycles. The van der Waals surface area contributed by atoms with Gasteiger partial charge in [0, 0.05) is 5.56 Å². The zero-order valence-electron chi connectivity index (χ0n) is 8.28. The Morgan fingerprint density at radius 3 is 2.53 bits per heavy atom. The van der Waals surface area contributed by atoms with Gasteiger partial charge < -0.3 is 5.11 Å². The Hall–Kier alpha value is -1.45. The molecular formula is C11H12F2O2. The summed E-state index contributed by atoms with van der Waals surface area (Å²) in [5.41, 5.74) is 0.327. The first-order valence-electron chi connectivity index (χ1n) is 4.61. The van der Waals surface area contributed by atoms with E-state index in [1.54, 1.807) is 12.1 Å². The molecule has 1 aromatic rings. The molecule has 1 N–H and O–H groups in total. The lowest BCUT2D eigenvalue weighted by molar-refractivity contribution is -0.141. The molecule has 0 spiro atoms. The molecule has 0 radical (unpaired) electrons. The highest BCUT2D eigenvalue weighted by molar-refractivity contribution is 5.70. The van der Waals surface area contributed by atoms with Crippen LogP contribution in [-0.4, -0.2) is 11.1 Å². The molecule has 0 aromatic heterocycles. The highest BCUT2D eigenvalue weighted by Crippen LogP contribution is 2.24. The van der Waals surface area contributed by atoms with Crippen LogP contribution >= 0.6 is 0 Å². The Balaban J connectivity index is 2.89. The normalized spacial score (nSPS) is 12.8. The lowest BCUT2D eigenvalue weighted by atomic mass is 9.97. The van der Waals surface area contributed by atoms with Gasteiger partial charge in [0.1, 0.15) is 0 Å². The van der Waals surface area contributed by atoms with Crippen LogP contribution in [0.4, 0.5) is 8.78 Å². The third kappa shape index (κ3) is 3.01. The fourth-order valence-corrected chi connectivity index (χ4v) is 1.35. The SMILES string of the molecule is CC(Cc1ccccc1C(F)F)C(=O)O. The molecule has 15 heavy (non-hydrogen) atoms. The maximum atomic E-state index is 12.5. The van der Waals surface area contributed by atoms with Gasteiger partial charge >= 0.3 is 5.97 Å². The number of carboxylic acid groups (broad SMARTS) is 1. The molecule has 82 valence electrons. The standard InChI is InChI=1S/C11H12F2O2/c1-7(11(14)15)6-8-4-2-3-5-9(8)10(12)13/h2-5,7,10H,6H2,1H3,(H,14,15). The summed E-state index contributed by atoms with van der Waals surface area (Å²) in [6.07, 6.45) is -2.42. The molecule has 1 unspecified atom stereocenters. The van der Waals surface area contributed by atoms with Crippen LogP contribution in [0.5, 0.6) is 0 Å². The minimum atomic E-state index is -2.55. The van der Waals surface area contributed by atoms with Crippen molar-refractivity contribution in [1.82, 2.24) is 0 Å². The maximum Gasteiger partial charge on any atom is 0.306 e. The topological polar surface area (TPSA) is 37.3 Å². The Morgan fingerprint density at radius 1 is 1.40 bits per heavy atom. The third-order valence-corrected chi connectivity index (χ3v) is 2.24. The number of carboxylic acids is 1. The molecule has 1 rings (SSSR count). The van der Waals surface area contributed by atoms with E-state index in [1.165, 1.54) is 19.1 Å². The number of alkyl halides is 2. The van der Waals surface area contributed by atoms with Gasteiger partial charge in [0.15, 0.2) is 0 Å². The summed E-state index contributed by atoms with van der Waals surface area (Å²) in [4.78, 5) is 10.6. The van der Waals surface area contributed by atoms with Crippen molar-refractivity contribution in [3.8, 4) is 0 Å². The van der Waals surface area contributed by atoms with Crippen molar-refractivity contribution in [3.63, 3.8) is 0 Å². The number of halogens is 2. The van der Waals surface area contributed by atoms with E-state index in [9.17, 15) is 13.6 Å². The molecule has 2 nitrogen and oxygen atoms in total. The van der Waals surface area contributed by atoms with Crippen LogP contribution in [0.15, 0.2) is 24.3 Å². The van der Waals surface area contributed by atoms with Gasteiger partial charge in [0.05, 0.1) is 5.92 Å². The molecule has 4 heteroatoms. The Kier molecular flexibility index (Phi) is 3.77. The van der Waals surface area contributed by atoms with Crippen molar-refractivity contribution in [3.05, 3.63) is 35.4 Å². The van der Waals surface area contributed by atoms with Gasteiger partial charge in [0.25, 0.3) is 6.43 Å². The van der Waals surface area contributed by atoms with Crippen LogP contribution < -0.4 is 0 Å². The molecule has 0 heterocycles. The summed E-state index contributed by atoms with van der Waals surface area (Å²) in [6, 6.07) is 6.03. The fraction of sp³-hybridized carbons (Fsp3) is 0.364. The van der Waals surface area contributed by atoms with E-state index in [2.05, 4.69) is 0 Å². The van der Waals surface area contributed by atoms with Crippen molar-refractivity contribution in [2.45, 2.75) is 19.8 Å². The van der Waals surface area contributed by atoms with E-state index in [0.717, 1.165) is 0 Å². The summed E-state index contributed by atoms with van der Waals surface area (Å²) in [5, 5.41) is 8.69. The number of rotatable bonds is 4. The first-order chi connectivity index (χ1) is 7.02. The Labute approximate surface area is 86.5 Å². The quantitative estimate of drug-likeness (QED) is 0.836. The van der Waals surface area contributed by atoms with Gasteiger partial charge in [-0.3, -0.25) is 4.79 Å². The van der Waals surface area contributed by atoms with Crippen LogP contribution in [-0.2, 0) is 11.2 Å². The first-order valence-corrected chi connectivity index (χ1v) is 4.61. The molecular weight excluding hydrogens is 202 g/mol. The van der Waals surface area contributed by atoms with Crippen LogP contribution in [0.3, 0.4) is 0 Å². The summed E-state index contributed by atoms with van der Waals surface area (Å²) < 4.78 is 25.1. The van der Waals surface area contributed by atoms with Crippen LogP contribution in [0.1, 0.15) is 24.5 Å². The largest absolute Gasteiger partial charge is 0.481 e. The lowest BCUT2D eigenvalue weighted by Gasteiger charge is -2.10. The van der Waals surface area contributed by atoms with Crippen molar-refractivity contribution in [1.29, 1.82) is 0 Å². The summed E-state index contributed by atoms with van der Waals surface area (Å²) in [7, 11) is 0.